The molecule has 6 amide bonds. The van der Waals surface area contributed by atoms with Crippen LogP contribution in [0.4, 0.5) is 0 Å². The van der Waals surface area contributed by atoms with Crippen LogP contribution in [0.15, 0.2) is 0 Å². The highest BCUT2D eigenvalue weighted by Crippen LogP contribution is 2.09. The van der Waals surface area contributed by atoms with E-state index in [-0.39, 0.29) is 44.1 Å². The number of amides is 6. The van der Waals surface area contributed by atoms with Crippen LogP contribution in [0.5, 0.6) is 0 Å². The van der Waals surface area contributed by atoms with Crippen molar-refractivity contribution in [3.05, 3.63) is 0 Å². The number of carbonyl (C=O) groups excluding carboxylic acids is 6. The first-order chi connectivity index (χ1) is 23.6. The lowest BCUT2D eigenvalue weighted by Gasteiger charge is -2.28. The summed E-state index contributed by atoms with van der Waals surface area (Å²) < 4.78 is 0. The van der Waals surface area contributed by atoms with Crippen LogP contribution < -0.4 is 49.1 Å². The summed E-state index contributed by atoms with van der Waals surface area (Å²) in [6, 6.07) is -9.40. The maximum Gasteiger partial charge on any atom is 0.328 e. The number of primary amides is 1. The second kappa shape index (κ2) is 22.6. The van der Waals surface area contributed by atoms with Gasteiger partial charge in [0.25, 0.3) is 0 Å². The molecule has 0 bridgehead atoms. The number of nitrogens with two attached hydrogens (primary N) is 3. The van der Waals surface area contributed by atoms with Gasteiger partial charge in [-0.2, -0.15) is 0 Å². The number of carboxylic acids is 2. The van der Waals surface area contributed by atoms with E-state index in [0.29, 0.717) is 0 Å². The molecule has 0 radical (unpaired) electrons. The fourth-order valence-corrected chi connectivity index (χ4v) is 4.44. The molecule has 0 heterocycles. The van der Waals surface area contributed by atoms with Crippen molar-refractivity contribution >= 4 is 53.3 Å². The number of hydrogen-bond acceptors (Lipinski definition) is 12. The van der Waals surface area contributed by atoms with Crippen LogP contribution in [0.2, 0.25) is 0 Å². The second-order valence-electron chi connectivity index (χ2n) is 12.3. The Bertz CT molecular complexity index is 1260. The molecule has 0 rings (SSSR count). The number of rotatable bonds is 24. The molecule has 8 atom stereocenters. The lowest BCUT2D eigenvalue weighted by Crippen LogP contribution is -2.62. The van der Waals surface area contributed by atoms with Gasteiger partial charge in [-0.1, -0.05) is 13.8 Å². The minimum atomic E-state index is -1.79. The molecule has 0 aromatic rings. The van der Waals surface area contributed by atoms with Crippen molar-refractivity contribution < 1.29 is 58.8 Å². The maximum atomic E-state index is 13.4. The third-order valence-electron chi connectivity index (χ3n) is 7.11. The quantitative estimate of drug-likeness (QED) is 0.0250. The Kier molecular flexibility index (Phi) is 20.3. The van der Waals surface area contributed by atoms with Crippen LogP contribution >= 0.6 is 0 Å². The second-order valence-corrected chi connectivity index (χ2v) is 12.3. The summed E-state index contributed by atoms with van der Waals surface area (Å²) in [5, 5.41) is 59.4. The van der Waals surface area contributed by atoms with Crippen molar-refractivity contribution in [1.29, 1.82) is 5.41 Å². The molecule has 0 aliphatic carbocycles. The molecule has 8 unspecified atom stereocenters. The summed E-state index contributed by atoms with van der Waals surface area (Å²) in [6.45, 7) is 5.74. The van der Waals surface area contributed by atoms with Gasteiger partial charge in [0.2, 0.25) is 35.4 Å². The van der Waals surface area contributed by atoms with Crippen LogP contribution in [-0.4, -0.2) is 129 Å². The Morgan fingerprint density at radius 1 is 0.667 bits per heavy atom. The Morgan fingerprint density at radius 3 is 1.63 bits per heavy atom. The molecule has 51 heavy (non-hydrogen) atoms. The largest absolute Gasteiger partial charge is 0.481 e. The van der Waals surface area contributed by atoms with Gasteiger partial charge in [0.05, 0.1) is 24.7 Å². The van der Waals surface area contributed by atoms with Gasteiger partial charge in [0, 0.05) is 13.0 Å². The lowest BCUT2D eigenvalue weighted by molar-refractivity contribution is -0.145. The van der Waals surface area contributed by atoms with Crippen LogP contribution in [0.25, 0.3) is 0 Å². The van der Waals surface area contributed by atoms with Gasteiger partial charge >= 0.3 is 11.9 Å². The normalized spacial score (nSPS) is 15.7. The van der Waals surface area contributed by atoms with Crippen LogP contribution in [-0.2, 0) is 38.4 Å². The molecular formula is C29H52N10O12. The average Bonchev–Trinajstić information content (AvgIpc) is 3.00. The Hall–Kier alpha value is -5.09. The first-order valence-corrected chi connectivity index (χ1v) is 16.0. The van der Waals surface area contributed by atoms with E-state index in [2.05, 4.69) is 31.9 Å². The summed E-state index contributed by atoms with van der Waals surface area (Å²) in [7, 11) is 0. The molecule has 0 aromatic heterocycles. The van der Waals surface area contributed by atoms with E-state index in [1.165, 1.54) is 0 Å². The van der Waals surface area contributed by atoms with Crippen LogP contribution in [0.1, 0.15) is 66.2 Å². The summed E-state index contributed by atoms with van der Waals surface area (Å²) in [6.07, 6.45) is -4.68. The van der Waals surface area contributed by atoms with Gasteiger partial charge in [0.1, 0.15) is 24.2 Å². The van der Waals surface area contributed by atoms with Crippen molar-refractivity contribution in [2.24, 2.45) is 23.1 Å². The van der Waals surface area contributed by atoms with Crippen molar-refractivity contribution in [2.45, 2.75) is 115 Å². The summed E-state index contributed by atoms with van der Waals surface area (Å²) in [4.78, 5) is 99.8. The van der Waals surface area contributed by atoms with Crippen LogP contribution in [0.3, 0.4) is 0 Å². The predicted octanol–water partition coefficient (Wildman–Crippen LogP) is -5.37. The van der Waals surface area contributed by atoms with E-state index < -0.39 is 109 Å². The molecule has 22 nitrogen and oxygen atoms in total. The van der Waals surface area contributed by atoms with Crippen molar-refractivity contribution in [3.8, 4) is 0 Å². The van der Waals surface area contributed by atoms with E-state index in [9.17, 15) is 53.7 Å². The lowest BCUT2D eigenvalue weighted by atomic mass is 10.0. The smallest absolute Gasteiger partial charge is 0.328 e. The number of guanidine groups is 1. The SMILES string of the molecule is CC(C)CC(NC(=O)C(N)CCC(=O)O)C(=O)NC(C(=O)NC(CC(N)=O)C(=O)NC(CCCNC(=N)N)C(=O)NC(C(=O)O)C(C)O)C(C)O. The first kappa shape index (κ1) is 45.9. The number of carbonyl (C=O) groups is 8. The van der Waals surface area contributed by atoms with Gasteiger partial charge in [-0.3, -0.25) is 39.0 Å². The Balaban J connectivity index is 6.12. The number of aliphatic hydroxyl groups is 2. The van der Waals surface area contributed by atoms with Gasteiger partial charge in [-0.15, -0.1) is 0 Å². The third-order valence-corrected chi connectivity index (χ3v) is 7.11. The Morgan fingerprint density at radius 2 is 1.16 bits per heavy atom. The zero-order valence-corrected chi connectivity index (χ0v) is 28.9. The number of aliphatic carboxylic acids is 2. The van der Waals surface area contributed by atoms with E-state index >= 15 is 0 Å². The van der Waals surface area contributed by atoms with Gasteiger partial charge < -0.3 is 69.5 Å². The highest BCUT2D eigenvalue weighted by atomic mass is 16.4. The fraction of sp³-hybridized carbons (Fsp3) is 0.690. The molecule has 0 spiro atoms. The molecule has 0 aliphatic rings. The third kappa shape index (κ3) is 18.5. The molecule has 0 saturated carbocycles. The first-order valence-electron chi connectivity index (χ1n) is 16.0. The van der Waals surface area contributed by atoms with E-state index in [1.54, 1.807) is 13.8 Å². The molecule has 290 valence electrons. The molecule has 0 aliphatic heterocycles. The van der Waals surface area contributed by atoms with Gasteiger partial charge in [-0.25, -0.2) is 4.79 Å². The summed E-state index contributed by atoms with van der Waals surface area (Å²) in [5.74, 6) is -9.60. The minimum absolute atomic E-state index is 0.0350. The molecule has 0 aromatic carbocycles. The van der Waals surface area contributed by atoms with Crippen molar-refractivity contribution in [3.63, 3.8) is 0 Å². The summed E-state index contributed by atoms with van der Waals surface area (Å²) in [5.41, 5.74) is 16.3. The number of hydrogen-bond donors (Lipinski definition) is 14. The molecule has 17 N–H and O–H groups in total. The van der Waals surface area contributed by atoms with Gasteiger partial charge in [-0.05, 0) is 45.4 Å². The maximum absolute atomic E-state index is 13.4. The predicted molar refractivity (Wildman–Crippen MR) is 178 cm³/mol. The van der Waals surface area contributed by atoms with E-state index in [1.807, 2.05) is 0 Å². The molecular weight excluding hydrogens is 680 g/mol. The monoisotopic (exact) mass is 732 g/mol. The van der Waals surface area contributed by atoms with Crippen LogP contribution in [0, 0.1) is 11.3 Å². The highest BCUT2D eigenvalue weighted by Gasteiger charge is 2.35. The zero-order chi connectivity index (χ0) is 39.6. The zero-order valence-electron chi connectivity index (χ0n) is 28.9. The van der Waals surface area contributed by atoms with E-state index in [0.717, 1.165) is 13.8 Å². The number of aliphatic hydroxyl groups excluding tert-OH is 2. The van der Waals surface area contributed by atoms with Gasteiger partial charge in [0.15, 0.2) is 12.0 Å². The topological polar surface area (TPSA) is 392 Å². The minimum Gasteiger partial charge on any atom is -0.481 e. The Labute approximate surface area is 293 Å². The standard InChI is InChI=1S/C29H52N10O12/c1-12(2)10-17(36-23(45)15(30)7-8-20(43)44)26(48)38-21(13(3)40)27(49)37-18(11-19(31)42)25(47)35-16(6-5-9-34-29(32)33)24(46)39-22(14(4)41)28(50)51/h12-18,21-22,40-41H,5-11,30H2,1-4H3,(H2,31,42)(H,35,47)(H,36,45)(H,37,49)(H,38,48)(H,39,46)(H,43,44)(H,50,51)(H4,32,33,34). The fourth-order valence-electron chi connectivity index (χ4n) is 4.44. The summed E-state index contributed by atoms with van der Waals surface area (Å²) >= 11 is 0. The van der Waals surface area contributed by atoms with E-state index in [4.69, 9.17) is 27.7 Å². The number of nitrogens with one attached hydrogen (secondary N) is 7. The molecule has 0 saturated heterocycles. The van der Waals surface area contributed by atoms with Crippen molar-refractivity contribution in [1.82, 2.24) is 31.9 Å². The van der Waals surface area contributed by atoms with Crippen molar-refractivity contribution in [2.75, 3.05) is 6.54 Å². The molecule has 0 fully saturated rings. The number of carboxylic acid groups (broad SMARTS) is 2. The molecule has 22 heteroatoms. The highest BCUT2D eigenvalue weighted by molar-refractivity contribution is 5.98. The average molecular weight is 733 g/mol.